The number of Topliss-reactive ketones (excluding diaryl/α,β-unsaturated/α-hetero) is 1. The van der Waals surface area contributed by atoms with Gasteiger partial charge in [-0.25, -0.2) is 0 Å². The van der Waals surface area contributed by atoms with E-state index in [1.807, 2.05) is 0 Å². The zero-order chi connectivity index (χ0) is 11.9. The monoisotopic (exact) mass is 211 g/mol. The summed E-state index contributed by atoms with van der Waals surface area (Å²) in [6, 6.07) is 0. The van der Waals surface area contributed by atoms with E-state index in [9.17, 15) is 4.79 Å². The standard InChI is InChI=1S/C13H25NO/c1-10(12(2,3)4)11(15)13(5,6)14-8-7-9-14/h10H,7-9H2,1-6H3/t10-/m0/s1. The van der Waals surface area contributed by atoms with Crippen molar-refractivity contribution >= 4 is 5.78 Å². The second-order valence-corrected chi connectivity index (χ2v) is 6.35. The first-order valence-electron chi connectivity index (χ1n) is 5.96. The van der Waals surface area contributed by atoms with Crippen molar-refractivity contribution in [3.63, 3.8) is 0 Å². The highest BCUT2D eigenvalue weighted by molar-refractivity contribution is 5.90. The number of rotatable bonds is 3. The highest BCUT2D eigenvalue weighted by atomic mass is 16.1. The van der Waals surface area contributed by atoms with Gasteiger partial charge in [-0.3, -0.25) is 9.69 Å². The molecule has 0 unspecified atom stereocenters. The summed E-state index contributed by atoms with van der Waals surface area (Å²) in [6.45, 7) is 14.8. The number of hydrogen-bond donors (Lipinski definition) is 0. The number of ketones is 1. The average Bonchev–Trinajstić information content (AvgIpc) is 1.95. The molecule has 0 radical (unpaired) electrons. The molecule has 1 fully saturated rings. The molecular weight excluding hydrogens is 186 g/mol. The lowest BCUT2D eigenvalue weighted by atomic mass is 9.73. The molecule has 0 aliphatic carbocycles. The number of likely N-dealkylation sites (tertiary alicyclic amines) is 1. The highest BCUT2D eigenvalue weighted by Crippen LogP contribution is 2.33. The van der Waals surface area contributed by atoms with E-state index < -0.39 is 0 Å². The molecule has 1 aliphatic rings. The molecule has 1 heterocycles. The first-order chi connectivity index (χ1) is 6.67. The third kappa shape index (κ3) is 2.41. The number of carbonyl (C=O) groups is 1. The minimum Gasteiger partial charge on any atom is -0.297 e. The Bertz CT molecular complexity index is 246. The van der Waals surface area contributed by atoms with Gasteiger partial charge in [0.05, 0.1) is 5.54 Å². The van der Waals surface area contributed by atoms with Crippen LogP contribution in [0.15, 0.2) is 0 Å². The van der Waals surface area contributed by atoms with Crippen molar-refractivity contribution < 1.29 is 4.79 Å². The topological polar surface area (TPSA) is 20.3 Å². The van der Waals surface area contributed by atoms with E-state index in [2.05, 4.69) is 46.4 Å². The molecule has 15 heavy (non-hydrogen) atoms. The van der Waals surface area contributed by atoms with E-state index in [4.69, 9.17) is 0 Å². The van der Waals surface area contributed by atoms with Gasteiger partial charge in [0, 0.05) is 19.0 Å². The lowest BCUT2D eigenvalue weighted by molar-refractivity contribution is -0.138. The fraction of sp³-hybridized carbons (Fsp3) is 0.923. The van der Waals surface area contributed by atoms with Gasteiger partial charge in [0.1, 0.15) is 0 Å². The second kappa shape index (κ2) is 3.89. The molecule has 1 rings (SSSR count). The van der Waals surface area contributed by atoms with Crippen LogP contribution in [-0.4, -0.2) is 29.3 Å². The smallest absolute Gasteiger partial charge is 0.155 e. The van der Waals surface area contributed by atoms with Crippen LogP contribution in [0.25, 0.3) is 0 Å². The molecule has 1 saturated heterocycles. The van der Waals surface area contributed by atoms with E-state index in [0.717, 1.165) is 13.1 Å². The summed E-state index contributed by atoms with van der Waals surface area (Å²) in [5.74, 6) is 0.503. The van der Waals surface area contributed by atoms with Gasteiger partial charge in [-0.05, 0) is 25.7 Å². The summed E-state index contributed by atoms with van der Waals surface area (Å²) < 4.78 is 0. The Labute approximate surface area is 94.0 Å². The van der Waals surface area contributed by atoms with Crippen molar-refractivity contribution in [2.45, 2.75) is 53.5 Å². The first-order valence-corrected chi connectivity index (χ1v) is 5.96. The maximum atomic E-state index is 12.4. The van der Waals surface area contributed by atoms with Gasteiger partial charge in [0.15, 0.2) is 5.78 Å². The van der Waals surface area contributed by atoms with Gasteiger partial charge in [0.2, 0.25) is 0 Å². The molecule has 88 valence electrons. The van der Waals surface area contributed by atoms with Crippen LogP contribution in [0.2, 0.25) is 0 Å². The molecule has 0 bridgehead atoms. The predicted molar refractivity (Wildman–Crippen MR) is 63.9 cm³/mol. The molecule has 2 heteroatoms. The van der Waals surface area contributed by atoms with E-state index in [1.165, 1.54) is 6.42 Å². The second-order valence-electron chi connectivity index (χ2n) is 6.35. The molecule has 0 spiro atoms. The molecule has 0 N–H and O–H groups in total. The Hall–Kier alpha value is -0.370. The molecule has 0 aromatic heterocycles. The third-order valence-corrected chi connectivity index (χ3v) is 3.94. The Morgan fingerprint density at radius 2 is 1.60 bits per heavy atom. The van der Waals surface area contributed by atoms with Crippen LogP contribution in [0, 0.1) is 11.3 Å². The van der Waals surface area contributed by atoms with Crippen LogP contribution in [0.4, 0.5) is 0 Å². The molecule has 0 aromatic rings. The van der Waals surface area contributed by atoms with Gasteiger partial charge in [0.25, 0.3) is 0 Å². The molecule has 0 saturated carbocycles. The summed E-state index contributed by atoms with van der Waals surface area (Å²) >= 11 is 0. The number of carbonyl (C=O) groups excluding carboxylic acids is 1. The van der Waals surface area contributed by atoms with Crippen LogP contribution in [0.3, 0.4) is 0 Å². The van der Waals surface area contributed by atoms with Gasteiger partial charge in [-0.1, -0.05) is 27.7 Å². The van der Waals surface area contributed by atoms with Gasteiger partial charge in [-0.2, -0.15) is 0 Å². The summed E-state index contributed by atoms with van der Waals surface area (Å²) in [4.78, 5) is 14.7. The van der Waals surface area contributed by atoms with Crippen molar-refractivity contribution in [3.8, 4) is 0 Å². The fourth-order valence-electron chi connectivity index (χ4n) is 1.95. The highest BCUT2D eigenvalue weighted by Gasteiger charge is 2.42. The van der Waals surface area contributed by atoms with Gasteiger partial charge >= 0.3 is 0 Å². The quantitative estimate of drug-likeness (QED) is 0.715. The van der Waals surface area contributed by atoms with E-state index in [-0.39, 0.29) is 16.9 Å². The van der Waals surface area contributed by atoms with Crippen molar-refractivity contribution in [1.29, 1.82) is 0 Å². The predicted octanol–water partition coefficient (Wildman–Crippen LogP) is 2.72. The Kier molecular flexibility index (Phi) is 3.30. The molecule has 0 amide bonds. The lowest BCUT2D eigenvalue weighted by Crippen LogP contribution is -2.58. The minimum absolute atomic E-state index is 0.0687. The zero-order valence-electron chi connectivity index (χ0n) is 11.1. The third-order valence-electron chi connectivity index (χ3n) is 3.94. The van der Waals surface area contributed by atoms with Crippen LogP contribution in [0.1, 0.15) is 48.0 Å². The number of hydrogen-bond acceptors (Lipinski definition) is 2. The largest absolute Gasteiger partial charge is 0.297 e. The van der Waals surface area contributed by atoms with Crippen LogP contribution in [0.5, 0.6) is 0 Å². The van der Waals surface area contributed by atoms with Crippen molar-refractivity contribution in [3.05, 3.63) is 0 Å². The first kappa shape index (κ1) is 12.7. The molecule has 1 atom stereocenters. The fourth-order valence-corrected chi connectivity index (χ4v) is 1.95. The van der Waals surface area contributed by atoms with E-state index in [1.54, 1.807) is 0 Å². The average molecular weight is 211 g/mol. The lowest BCUT2D eigenvalue weighted by Gasteiger charge is -2.46. The van der Waals surface area contributed by atoms with Gasteiger partial charge < -0.3 is 0 Å². The normalized spacial score (nSPS) is 20.9. The zero-order valence-corrected chi connectivity index (χ0v) is 11.1. The van der Waals surface area contributed by atoms with Gasteiger partial charge in [-0.15, -0.1) is 0 Å². The van der Waals surface area contributed by atoms with Crippen molar-refractivity contribution in [1.82, 2.24) is 4.90 Å². The Morgan fingerprint density at radius 1 is 1.13 bits per heavy atom. The Balaban J connectivity index is 2.74. The Morgan fingerprint density at radius 3 is 1.87 bits per heavy atom. The SMILES string of the molecule is C[C@@H](C(=O)C(C)(C)N1CCC1)C(C)(C)C. The summed E-state index contributed by atoms with van der Waals surface area (Å²) in [5, 5.41) is 0. The van der Waals surface area contributed by atoms with Crippen molar-refractivity contribution in [2.24, 2.45) is 11.3 Å². The molecule has 0 aromatic carbocycles. The van der Waals surface area contributed by atoms with Crippen LogP contribution in [-0.2, 0) is 4.79 Å². The summed E-state index contributed by atoms with van der Waals surface area (Å²) in [7, 11) is 0. The molecule has 2 nitrogen and oxygen atoms in total. The summed E-state index contributed by atoms with van der Waals surface area (Å²) in [6.07, 6.45) is 1.24. The minimum atomic E-state index is -0.273. The molecular formula is C13H25NO. The maximum absolute atomic E-state index is 12.4. The van der Waals surface area contributed by atoms with E-state index >= 15 is 0 Å². The van der Waals surface area contributed by atoms with E-state index in [0.29, 0.717) is 5.78 Å². The molecule has 1 aliphatic heterocycles. The van der Waals surface area contributed by atoms with Crippen LogP contribution >= 0.6 is 0 Å². The summed E-state index contributed by atoms with van der Waals surface area (Å²) in [5.41, 5.74) is -0.204. The van der Waals surface area contributed by atoms with Crippen molar-refractivity contribution in [2.75, 3.05) is 13.1 Å². The van der Waals surface area contributed by atoms with Crippen LogP contribution < -0.4 is 0 Å². The number of nitrogens with zero attached hydrogens (tertiary/aromatic N) is 1. The maximum Gasteiger partial charge on any atom is 0.155 e.